The van der Waals surface area contributed by atoms with Gasteiger partial charge in [0.15, 0.2) is 11.5 Å². The molecule has 30 heavy (non-hydrogen) atoms. The fourth-order valence-electron chi connectivity index (χ4n) is 4.50. The zero-order valence-corrected chi connectivity index (χ0v) is 17.3. The molecule has 1 aliphatic heterocycles. The van der Waals surface area contributed by atoms with Crippen LogP contribution in [-0.4, -0.2) is 30.8 Å². The average molecular weight is 420 g/mol. The first-order valence-electron chi connectivity index (χ1n) is 10.5. The molecule has 3 atom stereocenters. The summed E-state index contributed by atoms with van der Waals surface area (Å²) in [4.78, 5) is 5.75. The minimum absolute atomic E-state index is 0.0929. The van der Waals surface area contributed by atoms with Crippen molar-refractivity contribution in [1.29, 1.82) is 0 Å². The number of nitrogens with zero attached hydrogens (tertiary/aromatic N) is 2. The summed E-state index contributed by atoms with van der Waals surface area (Å²) in [6, 6.07) is 8.59. The van der Waals surface area contributed by atoms with Gasteiger partial charge in [-0.05, 0) is 56.0 Å². The van der Waals surface area contributed by atoms with Crippen molar-refractivity contribution in [2.45, 2.75) is 45.4 Å². The van der Waals surface area contributed by atoms with E-state index in [4.69, 9.17) is 9.47 Å². The zero-order valence-electron chi connectivity index (χ0n) is 17.3. The Kier molecular flexibility index (Phi) is 5.80. The van der Waals surface area contributed by atoms with Crippen molar-refractivity contribution >= 4 is 5.69 Å². The second-order valence-electron chi connectivity index (χ2n) is 8.28. The quantitative estimate of drug-likeness (QED) is 0.619. The number of piperidine rings is 1. The summed E-state index contributed by atoms with van der Waals surface area (Å²) in [5.74, 6) is 2.21. The summed E-state index contributed by atoms with van der Waals surface area (Å²) in [5, 5.41) is 0. The number of anilines is 1. The molecule has 1 saturated carbocycles. The third kappa shape index (κ3) is 4.35. The van der Waals surface area contributed by atoms with Crippen LogP contribution < -0.4 is 14.4 Å². The molecular weight excluding hydrogens is 393 g/mol. The Hall–Kier alpha value is -2.44. The van der Waals surface area contributed by atoms with E-state index < -0.39 is 11.9 Å². The van der Waals surface area contributed by atoms with Gasteiger partial charge < -0.3 is 14.4 Å². The second kappa shape index (κ2) is 8.36. The fourth-order valence-corrected chi connectivity index (χ4v) is 4.50. The molecule has 2 aliphatic rings. The number of ether oxygens (including phenoxy) is 2. The molecule has 4 rings (SSSR count). The van der Waals surface area contributed by atoms with Crippen LogP contribution in [0.3, 0.4) is 0 Å². The summed E-state index contributed by atoms with van der Waals surface area (Å²) in [6.07, 6.45) is 0.0474. The third-order valence-electron chi connectivity index (χ3n) is 5.97. The van der Waals surface area contributed by atoms with Gasteiger partial charge in [0.25, 0.3) is 0 Å². The standard InChI is InChI=1S/C23H27F3N2O2/c1-3-10-29-20-11-15(2)4-8-19(20)30-22-16-5-6-17(22)14-28(13-16)18-7-9-21(27-12-18)23(24,25)26/h4,7-9,11-12,16-17,22H,3,5-6,10,13-14H2,1-2H3/t16-,17+,22-. The molecule has 0 radical (unpaired) electrons. The molecule has 2 bridgehead atoms. The van der Waals surface area contributed by atoms with Gasteiger partial charge in [-0.25, -0.2) is 4.98 Å². The molecule has 2 heterocycles. The van der Waals surface area contributed by atoms with E-state index in [1.54, 1.807) is 0 Å². The highest BCUT2D eigenvalue weighted by Gasteiger charge is 2.44. The molecule has 0 spiro atoms. The fraction of sp³-hybridized carbons (Fsp3) is 0.522. The smallest absolute Gasteiger partial charge is 0.433 e. The molecule has 162 valence electrons. The summed E-state index contributed by atoms with van der Waals surface area (Å²) in [6.45, 7) is 6.26. The maximum atomic E-state index is 12.8. The Morgan fingerprint density at radius 1 is 1.07 bits per heavy atom. The second-order valence-corrected chi connectivity index (χ2v) is 8.28. The van der Waals surface area contributed by atoms with Crippen LogP contribution in [-0.2, 0) is 6.18 Å². The highest BCUT2D eigenvalue weighted by atomic mass is 19.4. The van der Waals surface area contributed by atoms with Gasteiger partial charge in [-0.2, -0.15) is 13.2 Å². The maximum Gasteiger partial charge on any atom is 0.433 e. The molecule has 0 N–H and O–H groups in total. The topological polar surface area (TPSA) is 34.6 Å². The van der Waals surface area contributed by atoms with Gasteiger partial charge in [-0.15, -0.1) is 0 Å². The molecule has 2 fully saturated rings. The molecule has 4 nitrogen and oxygen atoms in total. The molecule has 0 amide bonds. The van der Waals surface area contributed by atoms with Gasteiger partial charge in [-0.1, -0.05) is 13.0 Å². The van der Waals surface area contributed by atoms with Crippen molar-refractivity contribution in [3.63, 3.8) is 0 Å². The summed E-state index contributed by atoms with van der Waals surface area (Å²) in [7, 11) is 0. The normalized spacial score (nSPS) is 23.5. The number of aryl methyl sites for hydroxylation is 1. The van der Waals surface area contributed by atoms with Gasteiger partial charge in [0.1, 0.15) is 11.8 Å². The number of pyridine rings is 1. The predicted octanol–water partition coefficient (Wildman–Crippen LogP) is 5.49. The van der Waals surface area contributed by atoms with Crippen LogP contribution in [0.25, 0.3) is 0 Å². The van der Waals surface area contributed by atoms with Gasteiger partial charge >= 0.3 is 6.18 Å². The molecule has 1 aromatic carbocycles. The van der Waals surface area contributed by atoms with Crippen molar-refractivity contribution < 1.29 is 22.6 Å². The lowest BCUT2D eigenvalue weighted by molar-refractivity contribution is -0.141. The average Bonchev–Trinajstić information content (AvgIpc) is 2.94. The number of fused-ring (bicyclic) bond motifs is 2. The summed E-state index contributed by atoms with van der Waals surface area (Å²) in [5.41, 5.74) is 1.01. The van der Waals surface area contributed by atoms with Crippen LogP contribution in [0.1, 0.15) is 37.4 Å². The van der Waals surface area contributed by atoms with Crippen LogP contribution in [0, 0.1) is 18.8 Å². The zero-order chi connectivity index (χ0) is 21.3. The van der Waals surface area contributed by atoms with E-state index in [-0.39, 0.29) is 6.10 Å². The largest absolute Gasteiger partial charge is 0.490 e. The highest BCUT2D eigenvalue weighted by molar-refractivity contribution is 5.47. The van der Waals surface area contributed by atoms with E-state index in [0.29, 0.717) is 18.4 Å². The number of hydrogen-bond donors (Lipinski definition) is 0. The van der Waals surface area contributed by atoms with Gasteiger partial charge in [0.2, 0.25) is 0 Å². The molecular formula is C23H27F3N2O2. The first-order chi connectivity index (χ1) is 14.3. The monoisotopic (exact) mass is 420 g/mol. The van der Waals surface area contributed by atoms with Crippen molar-refractivity contribution in [3.8, 4) is 11.5 Å². The lowest BCUT2D eigenvalue weighted by Gasteiger charge is -2.39. The maximum absolute atomic E-state index is 12.8. The molecule has 1 aromatic heterocycles. The van der Waals surface area contributed by atoms with Crippen LogP contribution in [0.5, 0.6) is 11.5 Å². The van der Waals surface area contributed by atoms with Crippen LogP contribution >= 0.6 is 0 Å². The van der Waals surface area contributed by atoms with Crippen molar-refractivity contribution in [1.82, 2.24) is 4.98 Å². The molecule has 2 aromatic rings. The Labute approximate surface area is 175 Å². The van der Waals surface area contributed by atoms with E-state index in [9.17, 15) is 13.2 Å². The van der Waals surface area contributed by atoms with Crippen molar-refractivity contribution in [3.05, 3.63) is 47.8 Å². The Balaban J connectivity index is 1.46. The number of alkyl halides is 3. The predicted molar refractivity (Wildman–Crippen MR) is 109 cm³/mol. The van der Waals surface area contributed by atoms with E-state index in [1.165, 1.54) is 12.3 Å². The lowest BCUT2D eigenvalue weighted by Crippen LogP contribution is -2.47. The number of hydrogen-bond acceptors (Lipinski definition) is 4. The number of halogens is 3. The van der Waals surface area contributed by atoms with Crippen molar-refractivity contribution in [2.75, 3.05) is 24.6 Å². The summed E-state index contributed by atoms with van der Waals surface area (Å²) < 4.78 is 50.7. The third-order valence-corrected chi connectivity index (χ3v) is 5.97. The Morgan fingerprint density at radius 3 is 2.40 bits per heavy atom. The van der Waals surface area contributed by atoms with E-state index in [1.807, 2.05) is 25.1 Å². The molecule has 1 saturated heterocycles. The SMILES string of the molecule is CCCOc1cc(C)ccc1O[C@@H]1[C@@H]2CC[C@H]1CN(c1ccc(C(F)(F)F)nc1)C2. The van der Waals surface area contributed by atoms with Crippen LogP contribution in [0.4, 0.5) is 18.9 Å². The first kappa shape index (κ1) is 20.8. The molecule has 7 heteroatoms. The molecule has 1 aliphatic carbocycles. The van der Waals surface area contributed by atoms with E-state index >= 15 is 0 Å². The first-order valence-corrected chi connectivity index (χ1v) is 10.5. The Bertz CT molecular complexity index is 856. The van der Waals surface area contributed by atoms with E-state index in [0.717, 1.165) is 61.2 Å². The van der Waals surface area contributed by atoms with Crippen molar-refractivity contribution in [2.24, 2.45) is 11.8 Å². The van der Waals surface area contributed by atoms with Gasteiger partial charge in [0.05, 0.1) is 18.5 Å². The minimum atomic E-state index is -4.41. The number of aromatic nitrogens is 1. The molecule has 0 unspecified atom stereocenters. The van der Waals surface area contributed by atoms with Gasteiger partial charge in [0, 0.05) is 24.9 Å². The summed E-state index contributed by atoms with van der Waals surface area (Å²) >= 11 is 0. The van der Waals surface area contributed by atoms with E-state index in [2.05, 4.69) is 16.8 Å². The van der Waals surface area contributed by atoms with Crippen LogP contribution in [0.15, 0.2) is 36.5 Å². The highest BCUT2D eigenvalue weighted by Crippen LogP contribution is 2.42. The Morgan fingerprint density at radius 2 is 1.80 bits per heavy atom. The van der Waals surface area contributed by atoms with Crippen LogP contribution in [0.2, 0.25) is 0 Å². The number of benzene rings is 1. The van der Waals surface area contributed by atoms with Gasteiger partial charge in [-0.3, -0.25) is 0 Å². The lowest BCUT2D eigenvalue weighted by atomic mass is 9.94. The minimum Gasteiger partial charge on any atom is -0.490 e. The number of rotatable bonds is 6.